The lowest BCUT2D eigenvalue weighted by molar-refractivity contribution is -0.137. The fourth-order valence-corrected chi connectivity index (χ4v) is 4.93. The van der Waals surface area contributed by atoms with Gasteiger partial charge in [-0.3, -0.25) is 14.2 Å². The van der Waals surface area contributed by atoms with E-state index < -0.39 is 16.6 Å². The largest absolute Gasteiger partial charge is 0.416 e. The van der Waals surface area contributed by atoms with Crippen molar-refractivity contribution in [2.45, 2.75) is 32.4 Å². The van der Waals surface area contributed by atoms with Crippen LogP contribution in [0.25, 0.3) is 16.9 Å². The number of hydrogen-bond acceptors (Lipinski definition) is 3. The van der Waals surface area contributed by atoms with Gasteiger partial charge in [0.05, 0.1) is 16.9 Å². The molecule has 0 bridgehead atoms. The number of amides is 1. The molecule has 4 aromatic rings. The van der Waals surface area contributed by atoms with Crippen molar-refractivity contribution in [3.05, 3.63) is 110 Å². The maximum atomic E-state index is 13.3. The van der Waals surface area contributed by atoms with Crippen LogP contribution in [0.4, 0.5) is 13.2 Å². The van der Waals surface area contributed by atoms with Crippen LogP contribution >= 0.6 is 11.3 Å². The van der Waals surface area contributed by atoms with Crippen molar-refractivity contribution in [2.75, 3.05) is 6.54 Å². The second kappa shape index (κ2) is 11.0. The van der Waals surface area contributed by atoms with Crippen molar-refractivity contribution in [2.24, 2.45) is 0 Å². The van der Waals surface area contributed by atoms with Gasteiger partial charge < -0.3 is 5.32 Å². The van der Waals surface area contributed by atoms with Gasteiger partial charge in [-0.25, -0.2) is 0 Å². The van der Waals surface area contributed by atoms with Crippen LogP contribution in [0.2, 0.25) is 0 Å². The fourth-order valence-electron chi connectivity index (χ4n) is 4.07. The summed E-state index contributed by atoms with van der Waals surface area (Å²) in [7, 11) is 0. The molecule has 0 aliphatic rings. The summed E-state index contributed by atoms with van der Waals surface area (Å²) in [6.07, 6.45) is -1.80. The van der Waals surface area contributed by atoms with Crippen molar-refractivity contribution in [1.82, 2.24) is 9.88 Å². The van der Waals surface area contributed by atoms with Gasteiger partial charge in [0.1, 0.15) is 0 Å². The number of nitrogens with zero attached hydrogens (tertiary/aromatic N) is 1. The lowest BCUT2D eigenvalue weighted by Gasteiger charge is -2.13. The highest BCUT2D eigenvalue weighted by molar-refractivity contribution is 7.09. The second-order valence-electron chi connectivity index (χ2n) is 8.44. The highest BCUT2D eigenvalue weighted by Gasteiger charge is 2.31. The molecule has 0 unspecified atom stereocenters. The van der Waals surface area contributed by atoms with Crippen molar-refractivity contribution in [1.29, 1.82) is 0 Å². The molecule has 0 radical (unpaired) electrons. The summed E-state index contributed by atoms with van der Waals surface area (Å²) >= 11 is 0.956. The highest BCUT2D eigenvalue weighted by Crippen LogP contribution is 2.33. The van der Waals surface area contributed by atoms with Crippen molar-refractivity contribution in [3.63, 3.8) is 0 Å². The van der Waals surface area contributed by atoms with Crippen LogP contribution in [0.15, 0.2) is 83.7 Å². The van der Waals surface area contributed by atoms with Crippen LogP contribution in [-0.4, -0.2) is 17.0 Å². The van der Waals surface area contributed by atoms with Crippen LogP contribution in [0.5, 0.6) is 0 Å². The number of aromatic nitrogens is 1. The zero-order valence-electron chi connectivity index (χ0n) is 19.6. The van der Waals surface area contributed by atoms with Gasteiger partial charge in [-0.1, -0.05) is 59.9 Å². The summed E-state index contributed by atoms with van der Waals surface area (Å²) in [6, 6.07) is 21.6. The Bertz CT molecular complexity index is 1410. The number of unbranched alkanes of at least 4 members (excludes halogenated alkanes) is 1. The van der Waals surface area contributed by atoms with Crippen molar-refractivity contribution in [3.8, 4) is 16.9 Å². The van der Waals surface area contributed by atoms with Gasteiger partial charge in [-0.05, 0) is 62.1 Å². The second-order valence-corrected chi connectivity index (χ2v) is 9.60. The molecule has 1 heterocycles. The molecule has 0 saturated heterocycles. The number of thiazole rings is 1. The van der Waals surface area contributed by atoms with E-state index in [2.05, 4.69) is 17.4 Å². The zero-order chi connectivity index (χ0) is 25.7. The van der Waals surface area contributed by atoms with E-state index in [0.717, 1.165) is 42.7 Å². The average Bonchev–Trinajstić information content (AvgIpc) is 3.17. The maximum Gasteiger partial charge on any atom is 0.416 e. The lowest BCUT2D eigenvalue weighted by atomic mass is 10.1. The molecule has 0 aliphatic carbocycles. The predicted octanol–water partition coefficient (Wildman–Crippen LogP) is 6.65. The molecule has 0 spiro atoms. The summed E-state index contributed by atoms with van der Waals surface area (Å²) < 4.78 is 41.1. The standard InChI is InChI=1S/C28H25F3N2O2S/c1-19-25(33(27(35)36-19)24-15-8-14-23(18-24)28(29,30)31)21-12-7-13-22(17-21)26(34)32-16-6-5-11-20-9-3-2-4-10-20/h2-4,7-10,12-15,17-18H,5-6,11,16H2,1H3,(H,32,34). The lowest BCUT2D eigenvalue weighted by Crippen LogP contribution is -2.24. The summed E-state index contributed by atoms with van der Waals surface area (Å²) in [5.41, 5.74) is 2.03. The van der Waals surface area contributed by atoms with Gasteiger partial charge in [0.15, 0.2) is 0 Å². The molecule has 8 heteroatoms. The molecule has 186 valence electrons. The normalized spacial score (nSPS) is 11.4. The van der Waals surface area contributed by atoms with Crippen molar-refractivity contribution >= 4 is 17.2 Å². The van der Waals surface area contributed by atoms with Crippen LogP contribution in [0.3, 0.4) is 0 Å². The first-order chi connectivity index (χ1) is 17.2. The van der Waals surface area contributed by atoms with Crippen LogP contribution in [-0.2, 0) is 12.6 Å². The number of hydrogen-bond donors (Lipinski definition) is 1. The minimum absolute atomic E-state index is 0.127. The van der Waals surface area contributed by atoms with E-state index in [1.807, 2.05) is 18.2 Å². The molecule has 1 N–H and O–H groups in total. The highest BCUT2D eigenvalue weighted by atomic mass is 32.1. The smallest absolute Gasteiger partial charge is 0.352 e. The Balaban J connectivity index is 1.51. The number of carbonyl (C=O) groups excluding carboxylic acids is 1. The Morgan fingerprint density at radius 3 is 2.44 bits per heavy atom. The summed E-state index contributed by atoms with van der Waals surface area (Å²) in [5, 5.41) is 2.92. The van der Waals surface area contributed by atoms with E-state index in [-0.39, 0.29) is 11.6 Å². The van der Waals surface area contributed by atoms with Gasteiger partial charge >= 0.3 is 11.0 Å². The van der Waals surface area contributed by atoms with E-state index >= 15 is 0 Å². The third-order valence-corrected chi connectivity index (χ3v) is 6.69. The molecule has 0 saturated carbocycles. The Hall–Kier alpha value is -3.65. The third kappa shape index (κ3) is 5.94. The SMILES string of the molecule is Cc1sc(=O)n(-c2cccc(C(F)(F)F)c2)c1-c1cccc(C(=O)NCCCCc2ccccc2)c1. The van der Waals surface area contributed by atoms with E-state index in [0.29, 0.717) is 28.2 Å². The van der Waals surface area contributed by atoms with Crippen LogP contribution in [0.1, 0.15) is 39.2 Å². The van der Waals surface area contributed by atoms with Crippen LogP contribution < -0.4 is 10.2 Å². The topological polar surface area (TPSA) is 51.1 Å². The number of aryl methyl sites for hydroxylation is 2. The molecule has 4 nitrogen and oxygen atoms in total. The predicted molar refractivity (Wildman–Crippen MR) is 137 cm³/mol. The van der Waals surface area contributed by atoms with E-state index in [9.17, 15) is 22.8 Å². The van der Waals surface area contributed by atoms with E-state index in [1.165, 1.54) is 22.3 Å². The van der Waals surface area contributed by atoms with E-state index in [1.54, 1.807) is 31.2 Å². The number of nitrogens with one attached hydrogen (secondary N) is 1. The Morgan fingerprint density at radius 1 is 0.944 bits per heavy atom. The Kier molecular flexibility index (Phi) is 7.74. The molecule has 4 rings (SSSR count). The van der Waals surface area contributed by atoms with Gasteiger partial charge in [-0.15, -0.1) is 0 Å². The summed E-state index contributed by atoms with van der Waals surface area (Å²) in [5.74, 6) is -0.239. The van der Waals surface area contributed by atoms with Crippen LogP contribution in [0, 0.1) is 6.92 Å². The fraction of sp³-hybridized carbons (Fsp3) is 0.214. The monoisotopic (exact) mass is 510 g/mol. The number of alkyl halides is 3. The zero-order valence-corrected chi connectivity index (χ0v) is 20.5. The summed E-state index contributed by atoms with van der Waals surface area (Å²) in [6.45, 7) is 2.27. The molecule has 3 aromatic carbocycles. The number of carbonyl (C=O) groups is 1. The quantitative estimate of drug-likeness (QED) is 0.270. The molecule has 1 amide bonds. The minimum Gasteiger partial charge on any atom is -0.352 e. The molecular weight excluding hydrogens is 485 g/mol. The maximum absolute atomic E-state index is 13.3. The first-order valence-corrected chi connectivity index (χ1v) is 12.4. The molecule has 0 fully saturated rings. The first kappa shape index (κ1) is 25.4. The van der Waals surface area contributed by atoms with Gasteiger partial charge in [0.2, 0.25) is 0 Å². The Labute approximate surface area is 211 Å². The Morgan fingerprint density at radius 2 is 1.69 bits per heavy atom. The van der Waals surface area contributed by atoms with Gasteiger partial charge in [0.25, 0.3) is 5.91 Å². The van der Waals surface area contributed by atoms with Gasteiger partial charge in [-0.2, -0.15) is 13.2 Å². The first-order valence-electron chi connectivity index (χ1n) is 11.6. The molecule has 1 aromatic heterocycles. The number of halogens is 3. The minimum atomic E-state index is -4.52. The number of rotatable bonds is 8. The average molecular weight is 511 g/mol. The number of benzene rings is 3. The summed E-state index contributed by atoms with van der Waals surface area (Å²) in [4.78, 5) is 25.8. The molecule has 0 atom stereocenters. The van der Waals surface area contributed by atoms with E-state index in [4.69, 9.17) is 0 Å². The molecule has 0 aliphatic heterocycles. The molecule has 36 heavy (non-hydrogen) atoms. The molecular formula is C28H25F3N2O2S. The van der Waals surface area contributed by atoms with Crippen molar-refractivity contribution < 1.29 is 18.0 Å². The van der Waals surface area contributed by atoms with Gasteiger partial charge in [0, 0.05) is 22.5 Å². The third-order valence-electron chi connectivity index (χ3n) is 5.83.